The number of rotatable bonds is 3. The third-order valence-corrected chi connectivity index (χ3v) is 4.84. The summed E-state index contributed by atoms with van der Waals surface area (Å²) in [5, 5.41) is 0.734. The molecule has 2 aromatic carbocycles. The first-order valence-electron chi connectivity index (χ1n) is 8.15. The minimum atomic E-state index is -0.385. The Bertz CT molecular complexity index is 818. The van der Waals surface area contributed by atoms with Gasteiger partial charge in [0.2, 0.25) is 0 Å². The van der Waals surface area contributed by atoms with Crippen LogP contribution in [0.4, 0.5) is 4.39 Å². The third kappa shape index (κ3) is 4.34. The van der Waals surface area contributed by atoms with E-state index in [0.717, 1.165) is 0 Å². The first-order valence-corrected chi connectivity index (χ1v) is 8.91. The predicted octanol–water partition coefficient (Wildman–Crippen LogP) is 4.59. The molecule has 2 aromatic rings. The van der Waals surface area contributed by atoms with Gasteiger partial charge in [-0.25, -0.2) is 4.39 Å². The van der Waals surface area contributed by atoms with Crippen molar-refractivity contribution in [3.63, 3.8) is 0 Å². The lowest BCUT2D eigenvalue weighted by atomic mass is 9.96. The summed E-state index contributed by atoms with van der Waals surface area (Å²) in [6.07, 6.45) is 0.994. The van der Waals surface area contributed by atoms with Gasteiger partial charge in [0, 0.05) is 23.7 Å². The minimum Gasteiger partial charge on any atom is -0.425 e. The van der Waals surface area contributed by atoms with E-state index in [4.69, 9.17) is 27.9 Å². The first-order chi connectivity index (χ1) is 12.4. The Morgan fingerprint density at radius 2 is 1.69 bits per heavy atom. The molecule has 7 heteroatoms. The lowest BCUT2D eigenvalue weighted by Crippen LogP contribution is -2.41. The third-order valence-electron chi connectivity index (χ3n) is 4.31. The fourth-order valence-corrected chi connectivity index (χ4v) is 3.29. The van der Waals surface area contributed by atoms with Crippen molar-refractivity contribution in [1.29, 1.82) is 0 Å². The zero-order valence-corrected chi connectivity index (χ0v) is 15.3. The number of ether oxygens (including phenoxy) is 1. The first kappa shape index (κ1) is 18.7. The van der Waals surface area contributed by atoms with Gasteiger partial charge in [0.25, 0.3) is 5.91 Å². The van der Waals surface area contributed by atoms with Crippen LogP contribution >= 0.6 is 23.2 Å². The molecule has 0 unspecified atom stereocenters. The van der Waals surface area contributed by atoms with Gasteiger partial charge in [0.05, 0.1) is 10.9 Å². The summed E-state index contributed by atoms with van der Waals surface area (Å²) in [4.78, 5) is 26.4. The Hall–Kier alpha value is -2.11. The Labute approximate surface area is 160 Å². The van der Waals surface area contributed by atoms with Crippen molar-refractivity contribution < 1.29 is 18.7 Å². The number of halogens is 3. The van der Waals surface area contributed by atoms with Crippen molar-refractivity contribution in [1.82, 2.24) is 4.90 Å². The maximum Gasteiger partial charge on any atom is 0.314 e. The van der Waals surface area contributed by atoms with Crippen molar-refractivity contribution in [3.05, 3.63) is 63.9 Å². The number of esters is 1. The normalized spacial score (nSPS) is 15.0. The van der Waals surface area contributed by atoms with Crippen molar-refractivity contribution in [2.24, 2.45) is 5.92 Å². The van der Waals surface area contributed by atoms with Crippen molar-refractivity contribution in [2.45, 2.75) is 12.8 Å². The second-order valence-electron chi connectivity index (χ2n) is 6.07. The van der Waals surface area contributed by atoms with E-state index in [-0.39, 0.29) is 34.4 Å². The molecule has 1 amide bonds. The van der Waals surface area contributed by atoms with Crippen LogP contribution in [0.2, 0.25) is 10.0 Å². The van der Waals surface area contributed by atoms with Crippen LogP contribution in [0.3, 0.4) is 0 Å². The van der Waals surface area contributed by atoms with Crippen LogP contribution in [0.5, 0.6) is 5.75 Å². The molecule has 0 N–H and O–H groups in total. The maximum absolute atomic E-state index is 13.0. The summed E-state index contributed by atoms with van der Waals surface area (Å²) in [6, 6.07) is 10.1. The average molecular weight is 396 g/mol. The molecule has 0 spiro atoms. The van der Waals surface area contributed by atoms with Crippen molar-refractivity contribution in [2.75, 3.05) is 13.1 Å². The number of benzene rings is 2. The Morgan fingerprint density at radius 3 is 2.31 bits per heavy atom. The van der Waals surface area contributed by atoms with Crippen molar-refractivity contribution >= 4 is 35.1 Å². The smallest absolute Gasteiger partial charge is 0.314 e. The molecule has 0 radical (unpaired) electrons. The van der Waals surface area contributed by atoms with Crippen LogP contribution in [-0.2, 0) is 4.79 Å². The van der Waals surface area contributed by atoms with Crippen LogP contribution in [0.25, 0.3) is 0 Å². The quantitative estimate of drug-likeness (QED) is 0.563. The van der Waals surface area contributed by atoms with Crippen molar-refractivity contribution in [3.8, 4) is 5.75 Å². The minimum absolute atomic E-state index is 0.169. The van der Waals surface area contributed by atoms with Gasteiger partial charge in [-0.3, -0.25) is 9.59 Å². The molecule has 0 bridgehead atoms. The van der Waals surface area contributed by atoms with E-state index < -0.39 is 0 Å². The number of hydrogen-bond donors (Lipinski definition) is 0. The number of nitrogens with zero attached hydrogens (tertiary/aromatic N) is 1. The standard InChI is InChI=1S/C19H16Cl2FNO3/c20-14-3-6-17(16(21)11-14)26-19(25)13-7-9-23(10-8-13)18(24)12-1-4-15(22)5-2-12/h1-6,11,13H,7-10H2. The molecule has 1 heterocycles. The zero-order valence-electron chi connectivity index (χ0n) is 13.8. The predicted molar refractivity (Wildman–Crippen MR) is 97.1 cm³/mol. The number of amides is 1. The molecule has 26 heavy (non-hydrogen) atoms. The fraction of sp³-hybridized carbons (Fsp3) is 0.263. The molecule has 0 aliphatic carbocycles. The average Bonchev–Trinajstić information content (AvgIpc) is 2.64. The highest BCUT2D eigenvalue weighted by Gasteiger charge is 2.29. The molecule has 1 saturated heterocycles. The zero-order chi connectivity index (χ0) is 18.7. The summed E-state index contributed by atoms with van der Waals surface area (Å²) in [7, 11) is 0. The molecule has 0 aromatic heterocycles. The van der Waals surface area contributed by atoms with Gasteiger partial charge < -0.3 is 9.64 Å². The molecule has 1 aliphatic heterocycles. The fourth-order valence-electron chi connectivity index (χ4n) is 2.84. The van der Waals surface area contributed by atoms with Crippen LogP contribution in [0.1, 0.15) is 23.2 Å². The van der Waals surface area contributed by atoms with E-state index in [2.05, 4.69) is 0 Å². The van der Waals surface area contributed by atoms with E-state index in [1.165, 1.54) is 30.3 Å². The van der Waals surface area contributed by atoms with E-state index in [9.17, 15) is 14.0 Å². The Kier molecular flexibility index (Phi) is 5.79. The second kappa shape index (κ2) is 8.06. The Balaban J connectivity index is 1.56. The SMILES string of the molecule is O=C(Oc1ccc(Cl)cc1Cl)C1CCN(C(=O)c2ccc(F)cc2)CC1. The summed E-state index contributed by atoms with van der Waals surface area (Å²) in [5.41, 5.74) is 0.431. The Morgan fingerprint density at radius 1 is 1.04 bits per heavy atom. The van der Waals surface area contributed by atoms with Gasteiger partial charge in [0.15, 0.2) is 0 Å². The van der Waals surface area contributed by atoms with E-state index in [1.807, 2.05) is 0 Å². The molecular formula is C19H16Cl2FNO3. The highest BCUT2D eigenvalue weighted by Crippen LogP contribution is 2.29. The summed E-state index contributed by atoms with van der Waals surface area (Å²) >= 11 is 11.8. The monoisotopic (exact) mass is 395 g/mol. The van der Waals surface area contributed by atoms with Gasteiger partial charge in [-0.05, 0) is 55.3 Å². The lowest BCUT2D eigenvalue weighted by Gasteiger charge is -2.31. The van der Waals surface area contributed by atoms with Crippen LogP contribution in [0, 0.1) is 11.7 Å². The molecule has 0 atom stereocenters. The largest absolute Gasteiger partial charge is 0.425 e. The van der Waals surface area contributed by atoms with Gasteiger partial charge in [-0.15, -0.1) is 0 Å². The topological polar surface area (TPSA) is 46.6 Å². The highest BCUT2D eigenvalue weighted by atomic mass is 35.5. The number of hydrogen-bond acceptors (Lipinski definition) is 3. The molecule has 136 valence electrons. The molecule has 1 fully saturated rings. The van der Waals surface area contributed by atoms with Crippen LogP contribution in [-0.4, -0.2) is 29.9 Å². The van der Waals surface area contributed by atoms with Gasteiger partial charge in [0.1, 0.15) is 11.6 Å². The number of carbonyl (C=O) groups is 2. The summed E-state index contributed by atoms with van der Waals surface area (Å²) in [6.45, 7) is 0.870. The number of likely N-dealkylation sites (tertiary alicyclic amines) is 1. The van der Waals surface area contributed by atoms with E-state index in [1.54, 1.807) is 17.0 Å². The highest BCUT2D eigenvalue weighted by molar-refractivity contribution is 6.35. The summed E-state index contributed by atoms with van der Waals surface area (Å²) < 4.78 is 18.3. The van der Waals surface area contributed by atoms with Gasteiger partial charge >= 0.3 is 5.97 Å². The molecule has 0 saturated carbocycles. The number of piperidine rings is 1. The summed E-state index contributed by atoms with van der Waals surface area (Å²) in [5.74, 6) is -0.963. The van der Waals surface area contributed by atoms with E-state index in [0.29, 0.717) is 36.5 Å². The maximum atomic E-state index is 13.0. The van der Waals surface area contributed by atoms with Crippen LogP contribution in [0.15, 0.2) is 42.5 Å². The lowest BCUT2D eigenvalue weighted by molar-refractivity contribution is -0.140. The van der Waals surface area contributed by atoms with Gasteiger partial charge in [-0.1, -0.05) is 23.2 Å². The molecular weight excluding hydrogens is 380 g/mol. The molecule has 1 aliphatic rings. The van der Waals surface area contributed by atoms with Crippen LogP contribution < -0.4 is 4.74 Å². The van der Waals surface area contributed by atoms with Gasteiger partial charge in [-0.2, -0.15) is 0 Å². The second-order valence-corrected chi connectivity index (χ2v) is 6.91. The van der Waals surface area contributed by atoms with E-state index >= 15 is 0 Å². The number of carbonyl (C=O) groups excluding carboxylic acids is 2. The molecule has 4 nitrogen and oxygen atoms in total. The molecule has 3 rings (SSSR count).